The monoisotopic (exact) mass is 569 g/mol. The van der Waals surface area contributed by atoms with E-state index in [1.165, 1.54) is 12.8 Å². The zero-order valence-corrected chi connectivity index (χ0v) is 23.4. The van der Waals surface area contributed by atoms with Gasteiger partial charge in [-0.3, -0.25) is 25.0 Å². The number of carbonyl (C=O) groups is 2. The van der Waals surface area contributed by atoms with E-state index in [1.54, 1.807) is 0 Å². The van der Waals surface area contributed by atoms with E-state index < -0.39 is 28.8 Å². The van der Waals surface area contributed by atoms with Gasteiger partial charge in [0.2, 0.25) is 11.9 Å². The molecular formula is C28H47N3O9. The molecule has 4 aliphatic rings. The van der Waals surface area contributed by atoms with Crippen molar-refractivity contribution in [3.63, 3.8) is 0 Å². The van der Waals surface area contributed by atoms with Gasteiger partial charge >= 0.3 is 5.97 Å². The van der Waals surface area contributed by atoms with Crippen LogP contribution >= 0.6 is 0 Å². The highest BCUT2D eigenvalue weighted by Gasteiger charge is 2.44. The minimum absolute atomic E-state index is 0.0141. The first kappa shape index (κ1) is 31.1. The maximum Gasteiger partial charge on any atom is 0.307 e. The minimum atomic E-state index is -1.13. The Morgan fingerprint density at radius 3 is 1.98 bits per heavy atom. The summed E-state index contributed by atoms with van der Waals surface area (Å²) >= 11 is 0. The average Bonchev–Trinajstić information content (AvgIpc) is 2.95. The van der Waals surface area contributed by atoms with E-state index in [-0.39, 0.29) is 43.4 Å². The molecule has 0 aromatic carbocycles. The number of hydrogen-bond acceptors (Lipinski definition) is 9. The lowest BCUT2D eigenvalue weighted by molar-refractivity contribution is -0.528. The Labute approximate surface area is 235 Å². The van der Waals surface area contributed by atoms with Crippen LogP contribution in [0.15, 0.2) is 0 Å². The average molecular weight is 570 g/mol. The Balaban J connectivity index is 1.10. The lowest BCUT2D eigenvalue weighted by Gasteiger charge is -2.36. The van der Waals surface area contributed by atoms with E-state index in [9.17, 15) is 24.8 Å². The number of hydrogen-bond donors (Lipinski definition) is 4. The molecule has 0 spiro atoms. The summed E-state index contributed by atoms with van der Waals surface area (Å²) in [7, 11) is 0. The predicted molar refractivity (Wildman–Crippen MR) is 144 cm³/mol. The highest BCUT2D eigenvalue weighted by Crippen LogP contribution is 2.34. The van der Waals surface area contributed by atoms with Gasteiger partial charge in [0.25, 0.3) is 0 Å². The number of nitro groups is 1. The van der Waals surface area contributed by atoms with Gasteiger partial charge in [-0.05, 0) is 82.5 Å². The van der Waals surface area contributed by atoms with Gasteiger partial charge in [-0.15, -0.1) is 0 Å². The van der Waals surface area contributed by atoms with Crippen LogP contribution in [0.2, 0.25) is 0 Å². The fourth-order valence-corrected chi connectivity index (χ4v) is 7.26. The SMILES string of the molecule is O=C(O)C1CC([N+](=O)[O-])CCC1C(=O)NC1CCC(OC2CCC(NOCC3CCCCC3COO)CC2)CC1. The number of carbonyl (C=O) groups excluding carboxylic acids is 1. The van der Waals surface area contributed by atoms with Crippen molar-refractivity contribution in [2.45, 2.75) is 127 Å². The standard InChI is InChI=1S/C28H47N3O9/c32-27(25-14-9-22(31(35)36)15-26(25)28(33)34)29-20-5-10-23(11-6-20)40-24-12-7-21(8-13-24)30-38-16-18-3-1-2-4-19(18)17-39-37/h18-26,30,37H,1-17H2,(H,29,32)(H,33,34). The maximum absolute atomic E-state index is 12.9. The second kappa shape index (κ2) is 15.4. The van der Waals surface area contributed by atoms with E-state index in [0.717, 1.165) is 64.2 Å². The highest BCUT2D eigenvalue weighted by molar-refractivity contribution is 5.85. The number of aliphatic carboxylic acids is 1. The first-order valence-electron chi connectivity index (χ1n) is 15.3. The summed E-state index contributed by atoms with van der Waals surface area (Å²) in [6.07, 6.45) is 12.5. The summed E-state index contributed by atoms with van der Waals surface area (Å²) < 4.78 is 6.41. The number of nitrogens with zero attached hydrogens (tertiary/aromatic N) is 1. The summed E-state index contributed by atoms with van der Waals surface area (Å²) in [6.45, 7) is 1.02. The second-order valence-corrected chi connectivity index (χ2v) is 12.4. The van der Waals surface area contributed by atoms with Crippen LogP contribution in [0.3, 0.4) is 0 Å². The number of hydroxylamine groups is 1. The Bertz CT molecular complexity index is 828. The molecule has 4 fully saturated rings. The van der Waals surface area contributed by atoms with Crippen molar-refractivity contribution in [1.29, 1.82) is 0 Å². The molecule has 40 heavy (non-hydrogen) atoms. The van der Waals surface area contributed by atoms with Gasteiger partial charge in [-0.25, -0.2) is 4.89 Å². The Morgan fingerprint density at radius 1 is 0.800 bits per heavy atom. The van der Waals surface area contributed by atoms with E-state index in [4.69, 9.17) is 14.8 Å². The van der Waals surface area contributed by atoms with Crippen molar-refractivity contribution in [1.82, 2.24) is 10.8 Å². The molecule has 5 unspecified atom stereocenters. The quantitative estimate of drug-likeness (QED) is 0.154. The van der Waals surface area contributed by atoms with Crippen LogP contribution in [0, 0.1) is 33.8 Å². The van der Waals surface area contributed by atoms with E-state index in [0.29, 0.717) is 31.1 Å². The molecule has 0 radical (unpaired) electrons. The second-order valence-electron chi connectivity index (χ2n) is 12.4. The van der Waals surface area contributed by atoms with Crippen molar-refractivity contribution in [2.24, 2.45) is 23.7 Å². The van der Waals surface area contributed by atoms with E-state index >= 15 is 0 Å². The number of carboxylic acid groups (broad SMARTS) is 1. The summed E-state index contributed by atoms with van der Waals surface area (Å²) in [5.41, 5.74) is 3.26. The van der Waals surface area contributed by atoms with Crippen molar-refractivity contribution in [2.75, 3.05) is 13.2 Å². The molecule has 1 amide bonds. The molecule has 4 aliphatic carbocycles. The number of rotatable bonds is 12. The third kappa shape index (κ3) is 8.82. The smallest absolute Gasteiger partial charge is 0.307 e. The van der Waals surface area contributed by atoms with Crippen molar-refractivity contribution in [3.05, 3.63) is 10.1 Å². The topological polar surface area (TPSA) is 169 Å². The number of carboxylic acids is 1. The molecule has 12 heteroatoms. The fraction of sp³-hybridized carbons (Fsp3) is 0.929. The molecule has 0 aromatic rings. The fourth-order valence-electron chi connectivity index (χ4n) is 7.26. The molecule has 12 nitrogen and oxygen atoms in total. The molecule has 0 saturated heterocycles. The summed E-state index contributed by atoms with van der Waals surface area (Å²) in [6, 6.07) is -0.588. The van der Waals surface area contributed by atoms with Gasteiger partial charge < -0.3 is 20.0 Å². The molecule has 0 heterocycles. The molecule has 5 atom stereocenters. The molecule has 4 N–H and O–H groups in total. The van der Waals surface area contributed by atoms with Crippen molar-refractivity contribution < 1.29 is 39.3 Å². The van der Waals surface area contributed by atoms with Crippen LogP contribution in [-0.4, -0.2) is 70.7 Å². The van der Waals surface area contributed by atoms with Gasteiger partial charge in [0.05, 0.1) is 37.3 Å². The molecule has 228 valence electrons. The molecular weight excluding hydrogens is 522 g/mol. The maximum atomic E-state index is 12.9. The lowest BCUT2D eigenvalue weighted by Crippen LogP contribution is -2.48. The Kier molecular flexibility index (Phi) is 12.0. The van der Waals surface area contributed by atoms with Gasteiger partial charge in [-0.1, -0.05) is 12.8 Å². The first-order valence-corrected chi connectivity index (χ1v) is 15.3. The van der Waals surface area contributed by atoms with E-state index in [1.807, 2.05) is 0 Å². The van der Waals surface area contributed by atoms with Gasteiger partial charge in [0, 0.05) is 29.8 Å². The van der Waals surface area contributed by atoms with Crippen LogP contribution < -0.4 is 10.8 Å². The van der Waals surface area contributed by atoms with Crippen LogP contribution in [0.25, 0.3) is 0 Å². The minimum Gasteiger partial charge on any atom is -0.481 e. The van der Waals surface area contributed by atoms with Crippen LogP contribution in [0.5, 0.6) is 0 Å². The third-order valence-electron chi connectivity index (χ3n) is 9.76. The molecule has 0 aromatic heterocycles. The zero-order valence-electron chi connectivity index (χ0n) is 23.4. The van der Waals surface area contributed by atoms with Gasteiger partial charge in [0.15, 0.2) is 0 Å². The predicted octanol–water partition coefficient (Wildman–Crippen LogP) is 3.71. The zero-order chi connectivity index (χ0) is 28.5. The van der Waals surface area contributed by atoms with Gasteiger partial charge in [-0.2, -0.15) is 5.48 Å². The van der Waals surface area contributed by atoms with Gasteiger partial charge in [0.1, 0.15) is 0 Å². The lowest BCUT2D eigenvalue weighted by atomic mass is 9.76. The highest BCUT2D eigenvalue weighted by atomic mass is 17.1. The largest absolute Gasteiger partial charge is 0.481 e. The normalized spacial score (nSPS) is 37.0. The Morgan fingerprint density at radius 2 is 1.40 bits per heavy atom. The van der Waals surface area contributed by atoms with Crippen molar-refractivity contribution in [3.8, 4) is 0 Å². The summed E-state index contributed by atoms with van der Waals surface area (Å²) in [4.78, 5) is 45.5. The summed E-state index contributed by atoms with van der Waals surface area (Å²) in [5, 5.41) is 32.5. The first-order chi connectivity index (χ1) is 19.3. The molecule has 4 rings (SSSR count). The van der Waals surface area contributed by atoms with Crippen LogP contribution in [0.4, 0.5) is 0 Å². The van der Waals surface area contributed by atoms with Crippen LogP contribution in [0.1, 0.15) is 96.3 Å². The van der Waals surface area contributed by atoms with Crippen molar-refractivity contribution >= 4 is 11.9 Å². The molecule has 0 aliphatic heterocycles. The third-order valence-corrected chi connectivity index (χ3v) is 9.76. The van der Waals surface area contributed by atoms with Crippen LogP contribution in [-0.2, 0) is 24.1 Å². The van der Waals surface area contributed by atoms with E-state index in [2.05, 4.69) is 15.7 Å². The molecule has 4 saturated carbocycles. The number of amides is 1. The summed E-state index contributed by atoms with van der Waals surface area (Å²) in [5.74, 6) is -2.38. The number of nitrogens with one attached hydrogen (secondary N) is 2. The number of ether oxygens (including phenoxy) is 1. The molecule has 0 bridgehead atoms. The Hall–Kier alpha value is -1.86.